The summed E-state index contributed by atoms with van der Waals surface area (Å²) >= 11 is 0. The van der Waals surface area contributed by atoms with Crippen molar-refractivity contribution in [2.75, 3.05) is 11.9 Å². The fourth-order valence-corrected chi connectivity index (χ4v) is 3.37. The summed E-state index contributed by atoms with van der Waals surface area (Å²) < 4.78 is 31.5. The number of nitrogens with one attached hydrogen (secondary N) is 2. The Morgan fingerprint density at radius 1 is 1.03 bits per heavy atom. The summed E-state index contributed by atoms with van der Waals surface area (Å²) in [7, 11) is -4.12. The van der Waals surface area contributed by atoms with E-state index in [-0.39, 0.29) is 21.7 Å². The van der Waals surface area contributed by atoms with E-state index in [2.05, 4.69) is 5.32 Å². The van der Waals surface area contributed by atoms with E-state index in [1.54, 1.807) is 18.2 Å². The smallest absolute Gasteiger partial charge is 0.321 e. The number of rotatable bonds is 7. The number of carbonyl (C=O) groups is 2. The fourth-order valence-electron chi connectivity index (χ4n) is 2.24. The van der Waals surface area contributed by atoms with Gasteiger partial charge in [0.15, 0.2) is 6.10 Å². The van der Waals surface area contributed by atoms with Crippen molar-refractivity contribution >= 4 is 27.6 Å². The molecule has 0 unspecified atom stereocenters. The van der Waals surface area contributed by atoms with Crippen molar-refractivity contribution in [3.05, 3.63) is 59.7 Å². The van der Waals surface area contributed by atoms with Crippen molar-refractivity contribution < 1.29 is 22.7 Å². The molecule has 0 spiro atoms. The number of nitrogens with zero attached hydrogens (tertiary/aromatic N) is 2. The topological polar surface area (TPSA) is 149 Å². The number of hydrogen-bond donors (Lipinski definition) is 2. The van der Waals surface area contributed by atoms with Gasteiger partial charge in [-0.05, 0) is 31.2 Å². The predicted octanol–water partition coefficient (Wildman–Crippen LogP) is 1.28. The molecule has 9 nitrogen and oxygen atoms in total. The van der Waals surface area contributed by atoms with Gasteiger partial charge in [0.25, 0.3) is 5.91 Å². The van der Waals surface area contributed by atoms with Gasteiger partial charge in [0.05, 0.1) is 21.7 Å². The van der Waals surface area contributed by atoms with Gasteiger partial charge in [-0.15, -0.1) is 0 Å². The Bertz CT molecular complexity index is 1120. The Kier molecular flexibility index (Phi) is 7.04. The standard InChI is InChI=1S/C19H16N4O5S/c1-13(19(25)23-16-8-4-2-6-14(16)10-20)28-18(24)12-22-29(26,27)17-9-5-3-7-15(17)11-21/h2-9,13,22H,12H2,1H3,(H,23,25)/t13-/m1/s1. The number of amides is 1. The summed E-state index contributed by atoms with van der Waals surface area (Å²) in [6.45, 7) is 0.580. The van der Waals surface area contributed by atoms with Crippen molar-refractivity contribution in [2.45, 2.75) is 17.9 Å². The van der Waals surface area contributed by atoms with Crippen molar-refractivity contribution in [2.24, 2.45) is 0 Å². The van der Waals surface area contributed by atoms with Crippen LogP contribution in [0.3, 0.4) is 0 Å². The maximum atomic E-state index is 12.3. The van der Waals surface area contributed by atoms with Crippen molar-refractivity contribution in [3.8, 4) is 12.1 Å². The monoisotopic (exact) mass is 412 g/mol. The molecule has 1 atom stereocenters. The molecule has 0 fully saturated rings. The SMILES string of the molecule is C[C@@H](OC(=O)CNS(=O)(=O)c1ccccc1C#N)C(=O)Nc1ccccc1C#N. The highest BCUT2D eigenvalue weighted by atomic mass is 32.2. The first-order chi connectivity index (χ1) is 13.8. The first kappa shape index (κ1) is 21.6. The fraction of sp³-hybridized carbons (Fsp3) is 0.158. The Morgan fingerprint density at radius 3 is 2.28 bits per heavy atom. The first-order valence-corrected chi connectivity index (χ1v) is 9.75. The molecule has 0 aliphatic heterocycles. The molecule has 0 saturated carbocycles. The number of carbonyl (C=O) groups excluding carboxylic acids is 2. The van der Waals surface area contributed by atoms with Gasteiger partial charge in [0.1, 0.15) is 18.7 Å². The predicted molar refractivity (Wildman–Crippen MR) is 102 cm³/mol. The largest absolute Gasteiger partial charge is 0.452 e. The van der Waals surface area contributed by atoms with Gasteiger partial charge in [-0.3, -0.25) is 9.59 Å². The summed E-state index contributed by atoms with van der Waals surface area (Å²) in [4.78, 5) is 23.8. The van der Waals surface area contributed by atoms with Crippen molar-refractivity contribution in [1.82, 2.24) is 4.72 Å². The second-order valence-corrected chi connectivity index (χ2v) is 7.45. The van der Waals surface area contributed by atoms with Crippen molar-refractivity contribution in [1.29, 1.82) is 10.5 Å². The van der Waals surface area contributed by atoms with Gasteiger partial charge in [0, 0.05) is 0 Å². The van der Waals surface area contributed by atoms with Gasteiger partial charge in [-0.25, -0.2) is 8.42 Å². The zero-order valence-corrected chi connectivity index (χ0v) is 16.1. The average molecular weight is 412 g/mol. The maximum absolute atomic E-state index is 12.3. The van der Waals surface area contributed by atoms with E-state index in [0.29, 0.717) is 0 Å². The minimum Gasteiger partial charge on any atom is -0.452 e. The molecule has 29 heavy (non-hydrogen) atoms. The Balaban J connectivity index is 1.96. The van der Waals surface area contributed by atoms with E-state index in [9.17, 15) is 18.0 Å². The lowest BCUT2D eigenvalue weighted by Gasteiger charge is -2.14. The Labute approximate surface area is 167 Å². The molecular formula is C19H16N4O5S. The summed E-state index contributed by atoms with van der Waals surface area (Å²) in [5, 5.41) is 20.5. The molecule has 0 aliphatic rings. The van der Waals surface area contributed by atoms with E-state index in [4.69, 9.17) is 15.3 Å². The number of hydrogen-bond acceptors (Lipinski definition) is 7. The van der Waals surface area contributed by atoms with Gasteiger partial charge >= 0.3 is 5.97 Å². The minimum absolute atomic E-state index is 0.0720. The number of esters is 1. The number of ether oxygens (including phenoxy) is 1. The summed E-state index contributed by atoms with van der Waals surface area (Å²) in [6, 6.07) is 15.5. The summed E-state index contributed by atoms with van der Waals surface area (Å²) in [5.41, 5.74) is 0.428. The zero-order chi connectivity index (χ0) is 21.4. The second-order valence-electron chi connectivity index (χ2n) is 5.71. The van der Waals surface area contributed by atoms with Crippen LogP contribution < -0.4 is 10.0 Å². The van der Waals surface area contributed by atoms with Crippen LogP contribution in [0.2, 0.25) is 0 Å². The van der Waals surface area contributed by atoms with Crippen LogP contribution in [0.1, 0.15) is 18.1 Å². The molecular weight excluding hydrogens is 396 g/mol. The molecule has 2 aromatic carbocycles. The number of para-hydroxylation sites is 1. The van der Waals surface area contributed by atoms with Crippen LogP contribution in [-0.4, -0.2) is 32.9 Å². The Hall–Kier alpha value is -3.73. The highest BCUT2D eigenvalue weighted by molar-refractivity contribution is 7.89. The van der Waals surface area contributed by atoms with Gasteiger partial charge < -0.3 is 10.1 Å². The van der Waals surface area contributed by atoms with Crippen molar-refractivity contribution in [3.63, 3.8) is 0 Å². The van der Waals surface area contributed by atoms with Gasteiger partial charge in [0.2, 0.25) is 10.0 Å². The Morgan fingerprint density at radius 2 is 1.62 bits per heavy atom. The number of benzene rings is 2. The van der Waals surface area contributed by atoms with Gasteiger partial charge in [-0.1, -0.05) is 24.3 Å². The molecule has 148 valence electrons. The normalized spacial score (nSPS) is 11.6. The second kappa shape index (κ2) is 9.46. The minimum atomic E-state index is -4.12. The maximum Gasteiger partial charge on any atom is 0.321 e. The number of nitriles is 2. The van der Waals surface area contributed by atoms with Crippen LogP contribution >= 0.6 is 0 Å². The van der Waals surface area contributed by atoms with E-state index in [1.807, 2.05) is 10.8 Å². The van der Waals surface area contributed by atoms with Crippen LogP contribution in [0.25, 0.3) is 0 Å². The van der Waals surface area contributed by atoms with Crippen LogP contribution in [0.4, 0.5) is 5.69 Å². The molecule has 0 aromatic heterocycles. The van der Waals surface area contributed by atoms with Crippen LogP contribution in [0, 0.1) is 22.7 Å². The van der Waals surface area contributed by atoms with E-state index < -0.39 is 34.5 Å². The molecule has 2 rings (SSSR count). The third-order valence-electron chi connectivity index (χ3n) is 3.69. The highest BCUT2D eigenvalue weighted by Gasteiger charge is 2.22. The van der Waals surface area contributed by atoms with E-state index >= 15 is 0 Å². The summed E-state index contributed by atoms with van der Waals surface area (Å²) in [5.74, 6) is -1.67. The molecule has 0 saturated heterocycles. The average Bonchev–Trinajstić information content (AvgIpc) is 2.72. The van der Waals surface area contributed by atoms with Crippen LogP contribution in [0.15, 0.2) is 53.4 Å². The molecule has 1 amide bonds. The van der Waals surface area contributed by atoms with Crippen LogP contribution in [-0.2, 0) is 24.3 Å². The molecule has 2 N–H and O–H groups in total. The summed E-state index contributed by atoms with van der Waals surface area (Å²) in [6.07, 6.45) is -1.23. The van der Waals surface area contributed by atoms with Gasteiger partial charge in [-0.2, -0.15) is 15.2 Å². The molecule has 0 heterocycles. The molecule has 10 heteroatoms. The number of sulfonamides is 1. The lowest BCUT2D eigenvalue weighted by atomic mass is 10.2. The lowest BCUT2D eigenvalue weighted by molar-refractivity contribution is -0.151. The van der Waals surface area contributed by atoms with Crippen LogP contribution in [0.5, 0.6) is 0 Å². The lowest BCUT2D eigenvalue weighted by Crippen LogP contribution is -2.36. The van der Waals surface area contributed by atoms with E-state index in [0.717, 1.165) is 0 Å². The number of anilines is 1. The molecule has 0 aliphatic carbocycles. The molecule has 2 aromatic rings. The third-order valence-corrected chi connectivity index (χ3v) is 5.15. The quantitative estimate of drug-likeness (QED) is 0.650. The van der Waals surface area contributed by atoms with E-state index in [1.165, 1.54) is 43.3 Å². The highest BCUT2D eigenvalue weighted by Crippen LogP contribution is 2.15. The third kappa shape index (κ3) is 5.62. The first-order valence-electron chi connectivity index (χ1n) is 8.26. The molecule has 0 bridgehead atoms. The molecule has 0 radical (unpaired) electrons. The zero-order valence-electron chi connectivity index (χ0n) is 15.2.